The first-order valence-electron chi connectivity index (χ1n) is 13.0. The van der Waals surface area contributed by atoms with E-state index in [4.69, 9.17) is 9.47 Å². The summed E-state index contributed by atoms with van der Waals surface area (Å²) in [6.45, 7) is 9.82. The van der Waals surface area contributed by atoms with E-state index in [9.17, 15) is 5.11 Å². The number of allylic oxidation sites excluding steroid dienone is 1. The van der Waals surface area contributed by atoms with Gasteiger partial charge in [0, 0.05) is 12.3 Å². The monoisotopic (exact) mass is 414 g/mol. The smallest absolute Gasteiger partial charge is 0.213 e. The third kappa shape index (κ3) is 2.51. The summed E-state index contributed by atoms with van der Waals surface area (Å²) in [4.78, 5) is 0. The van der Waals surface area contributed by atoms with Crippen LogP contribution in [0.2, 0.25) is 0 Å². The lowest BCUT2D eigenvalue weighted by Crippen LogP contribution is -2.54. The Morgan fingerprint density at radius 3 is 2.53 bits per heavy atom. The third-order valence-electron chi connectivity index (χ3n) is 11.6. The standard InChI is InChI=1S/C27H42O3/c1-16-7-12-27(29-15-16)17(2)24-23(30-27)14-22-20-6-5-18-13-19(28)8-10-25(18,3)21(20)9-11-26(22,24)4/h15,17-24,28H,5-14H2,1-4H3/t17-,18+,19+,20-,21+,22+,23+,24+,25+,26+,27+/m1/s1. The summed E-state index contributed by atoms with van der Waals surface area (Å²) in [6.07, 6.45) is 14.5. The van der Waals surface area contributed by atoms with Gasteiger partial charge in [-0.1, -0.05) is 20.8 Å². The molecular formula is C27H42O3. The van der Waals surface area contributed by atoms with Crippen molar-refractivity contribution in [3.8, 4) is 0 Å². The predicted molar refractivity (Wildman–Crippen MR) is 117 cm³/mol. The molecule has 0 radical (unpaired) electrons. The second-order valence-electron chi connectivity index (χ2n) is 12.7. The molecule has 6 aliphatic rings. The predicted octanol–water partition coefficient (Wildman–Crippen LogP) is 6.06. The highest BCUT2D eigenvalue weighted by atomic mass is 16.7. The molecule has 3 nitrogen and oxygen atoms in total. The van der Waals surface area contributed by atoms with E-state index in [1.807, 2.05) is 6.26 Å². The minimum absolute atomic E-state index is 0.0436. The Kier molecular flexibility index (Phi) is 4.35. The normalized spacial score (nSPS) is 59.6. The Morgan fingerprint density at radius 2 is 1.77 bits per heavy atom. The van der Waals surface area contributed by atoms with Gasteiger partial charge in [-0.05, 0) is 111 Å². The molecule has 4 saturated carbocycles. The molecule has 1 saturated heterocycles. The summed E-state index contributed by atoms with van der Waals surface area (Å²) in [5.41, 5.74) is 2.22. The van der Waals surface area contributed by atoms with Gasteiger partial charge in [0.2, 0.25) is 5.79 Å². The first-order valence-corrected chi connectivity index (χ1v) is 13.0. The van der Waals surface area contributed by atoms with Crippen molar-refractivity contribution >= 4 is 0 Å². The Morgan fingerprint density at radius 1 is 0.967 bits per heavy atom. The maximum Gasteiger partial charge on any atom is 0.213 e. The van der Waals surface area contributed by atoms with Crippen LogP contribution < -0.4 is 0 Å². The lowest BCUT2D eigenvalue weighted by atomic mass is 9.44. The van der Waals surface area contributed by atoms with Crippen LogP contribution in [0.5, 0.6) is 0 Å². The zero-order valence-electron chi connectivity index (χ0n) is 19.5. The fourth-order valence-electron chi connectivity index (χ4n) is 10.0. The Balaban J connectivity index is 1.27. The van der Waals surface area contributed by atoms with E-state index >= 15 is 0 Å². The van der Waals surface area contributed by atoms with Crippen molar-refractivity contribution in [1.29, 1.82) is 0 Å². The van der Waals surface area contributed by atoms with Crippen LogP contribution >= 0.6 is 0 Å². The summed E-state index contributed by atoms with van der Waals surface area (Å²) >= 11 is 0. The van der Waals surface area contributed by atoms with E-state index in [0.717, 1.165) is 49.4 Å². The van der Waals surface area contributed by atoms with Gasteiger partial charge in [0.25, 0.3) is 0 Å². The first kappa shape index (κ1) is 20.1. The fourth-order valence-corrected chi connectivity index (χ4v) is 10.0. The molecule has 0 aromatic heterocycles. The molecule has 0 aromatic carbocycles. The second-order valence-corrected chi connectivity index (χ2v) is 12.7. The van der Waals surface area contributed by atoms with Crippen molar-refractivity contribution in [2.75, 3.05) is 0 Å². The summed E-state index contributed by atoms with van der Waals surface area (Å²) in [7, 11) is 0. The van der Waals surface area contributed by atoms with Gasteiger partial charge < -0.3 is 14.6 Å². The fraction of sp³-hybridized carbons (Fsp3) is 0.926. The highest BCUT2D eigenvalue weighted by molar-refractivity contribution is 5.16. The summed E-state index contributed by atoms with van der Waals surface area (Å²) in [5.74, 6) is 4.06. The van der Waals surface area contributed by atoms with Gasteiger partial charge in [0.1, 0.15) is 0 Å². The number of hydrogen-bond donors (Lipinski definition) is 1. The van der Waals surface area contributed by atoms with Crippen molar-refractivity contribution in [1.82, 2.24) is 0 Å². The summed E-state index contributed by atoms with van der Waals surface area (Å²) in [6, 6.07) is 0. The molecule has 6 rings (SSSR count). The maximum absolute atomic E-state index is 10.3. The largest absolute Gasteiger partial charge is 0.470 e. The van der Waals surface area contributed by atoms with Gasteiger partial charge >= 0.3 is 0 Å². The van der Waals surface area contributed by atoms with Crippen molar-refractivity contribution in [2.45, 2.75) is 110 Å². The summed E-state index contributed by atoms with van der Waals surface area (Å²) in [5, 5.41) is 10.3. The molecule has 0 amide bonds. The topological polar surface area (TPSA) is 38.7 Å². The Bertz CT molecular complexity index is 746. The quantitative estimate of drug-likeness (QED) is 0.523. The zero-order valence-corrected chi connectivity index (χ0v) is 19.5. The maximum atomic E-state index is 10.3. The highest BCUT2D eigenvalue weighted by Gasteiger charge is 2.69. The number of aliphatic hydroxyl groups excluding tert-OH is 1. The van der Waals surface area contributed by atoms with Crippen LogP contribution in [0, 0.1) is 46.3 Å². The minimum Gasteiger partial charge on any atom is -0.470 e. The molecule has 11 atom stereocenters. The van der Waals surface area contributed by atoms with Crippen LogP contribution in [0.4, 0.5) is 0 Å². The molecule has 2 aliphatic heterocycles. The molecule has 0 aromatic rings. The van der Waals surface area contributed by atoms with E-state index in [2.05, 4.69) is 27.7 Å². The van der Waals surface area contributed by atoms with Crippen molar-refractivity contribution in [2.24, 2.45) is 46.3 Å². The van der Waals surface area contributed by atoms with Crippen LogP contribution in [0.15, 0.2) is 11.8 Å². The zero-order chi connectivity index (χ0) is 20.9. The number of hydrogen-bond acceptors (Lipinski definition) is 3. The van der Waals surface area contributed by atoms with Crippen LogP contribution in [0.3, 0.4) is 0 Å². The van der Waals surface area contributed by atoms with Gasteiger partial charge in [0.15, 0.2) is 0 Å². The first-order chi connectivity index (χ1) is 14.3. The molecule has 168 valence electrons. The molecule has 2 heterocycles. The molecule has 1 N–H and O–H groups in total. The minimum atomic E-state index is -0.358. The number of aliphatic hydroxyl groups is 1. The molecular weight excluding hydrogens is 372 g/mol. The van der Waals surface area contributed by atoms with Crippen molar-refractivity contribution in [3.05, 3.63) is 11.8 Å². The number of ether oxygens (including phenoxy) is 2. The average Bonchev–Trinajstić information content (AvgIpc) is 3.16. The summed E-state index contributed by atoms with van der Waals surface area (Å²) < 4.78 is 13.2. The average molecular weight is 415 g/mol. The third-order valence-corrected chi connectivity index (χ3v) is 11.6. The van der Waals surface area contributed by atoms with Crippen LogP contribution in [0.1, 0.15) is 91.9 Å². The van der Waals surface area contributed by atoms with Crippen molar-refractivity contribution in [3.63, 3.8) is 0 Å². The van der Waals surface area contributed by atoms with Crippen LogP contribution in [-0.4, -0.2) is 23.1 Å². The van der Waals surface area contributed by atoms with E-state index < -0.39 is 0 Å². The molecule has 0 unspecified atom stereocenters. The van der Waals surface area contributed by atoms with Gasteiger partial charge in [-0.15, -0.1) is 0 Å². The van der Waals surface area contributed by atoms with E-state index in [-0.39, 0.29) is 11.9 Å². The van der Waals surface area contributed by atoms with Gasteiger partial charge in [-0.25, -0.2) is 0 Å². The van der Waals surface area contributed by atoms with E-state index in [1.54, 1.807) is 0 Å². The Hall–Kier alpha value is -0.540. The number of fused-ring (bicyclic) bond motifs is 7. The molecule has 1 spiro atoms. The van der Waals surface area contributed by atoms with E-state index in [0.29, 0.717) is 28.8 Å². The van der Waals surface area contributed by atoms with Crippen molar-refractivity contribution < 1.29 is 14.6 Å². The highest BCUT2D eigenvalue weighted by Crippen LogP contribution is 2.71. The lowest BCUT2D eigenvalue weighted by Gasteiger charge is -2.61. The van der Waals surface area contributed by atoms with Gasteiger partial charge in [-0.2, -0.15) is 0 Å². The molecule has 0 bridgehead atoms. The Labute approximate surface area is 183 Å². The van der Waals surface area contributed by atoms with Crippen LogP contribution in [-0.2, 0) is 9.47 Å². The van der Waals surface area contributed by atoms with Crippen LogP contribution in [0.25, 0.3) is 0 Å². The molecule has 5 fully saturated rings. The molecule has 3 heteroatoms. The number of rotatable bonds is 0. The lowest BCUT2D eigenvalue weighted by molar-refractivity contribution is -0.229. The SMILES string of the molecule is CC1=CO[C@@]2(CC1)O[C@H]1C[C@H]3[C@@H]4CC[C@H]5C[C@@H](O)CC[C@]5(C)[C@H]4CC[C@]3(C)[C@H]1[C@H]2C. The van der Waals surface area contributed by atoms with Gasteiger partial charge in [0.05, 0.1) is 18.5 Å². The second kappa shape index (κ2) is 6.50. The molecule has 4 aliphatic carbocycles. The molecule has 30 heavy (non-hydrogen) atoms. The van der Waals surface area contributed by atoms with E-state index in [1.165, 1.54) is 44.1 Å². The van der Waals surface area contributed by atoms with Gasteiger partial charge in [-0.3, -0.25) is 0 Å².